The molecule has 4 rings (SSSR count). The van der Waals surface area contributed by atoms with Crippen LogP contribution >= 0.6 is 11.6 Å². The fraction of sp³-hybridized carbons (Fsp3) is 0.300. The normalized spacial score (nSPS) is 17.4. The van der Waals surface area contributed by atoms with Crippen LogP contribution in [0.5, 0.6) is 5.75 Å². The predicted octanol–water partition coefficient (Wildman–Crippen LogP) is 3.83. The van der Waals surface area contributed by atoms with Crippen molar-refractivity contribution in [3.63, 3.8) is 0 Å². The second-order valence-corrected chi connectivity index (χ2v) is 7.01. The molecule has 1 N–H and O–H groups in total. The van der Waals surface area contributed by atoms with E-state index in [9.17, 15) is 0 Å². The topological polar surface area (TPSA) is 27.7 Å². The number of nitrogens with zero attached hydrogens (tertiary/aromatic N) is 2. The van der Waals surface area contributed by atoms with E-state index in [4.69, 9.17) is 16.3 Å². The first-order chi connectivity index (χ1) is 12.2. The van der Waals surface area contributed by atoms with Gasteiger partial charge in [0, 0.05) is 36.4 Å². The van der Waals surface area contributed by atoms with Crippen LogP contribution in [-0.2, 0) is 6.54 Å². The van der Waals surface area contributed by atoms with Gasteiger partial charge >= 0.3 is 0 Å². The average molecular weight is 356 g/mol. The van der Waals surface area contributed by atoms with Gasteiger partial charge in [-0.3, -0.25) is 9.91 Å². The molecule has 0 aromatic heterocycles. The van der Waals surface area contributed by atoms with E-state index in [1.54, 1.807) is 7.11 Å². The summed E-state index contributed by atoms with van der Waals surface area (Å²) in [5.41, 5.74) is 8.81. The Morgan fingerprint density at radius 2 is 2.00 bits per heavy atom. The Bertz CT molecular complexity index is 805. The minimum absolute atomic E-state index is 0.803. The van der Waals surface area contributed by atoms with Crippen molar-refractivity contribution in [2.75, 3.05) is 31.8 Å². The lowest BCUT2D eigenvalue weighted by Gasteiger charge is -2.27. The molecule has 0 radical (unpaired) electrons. The molecule has 0 atom stereocenters. The maximum absolute atomic E-state index is 6.11. The second kappa shape index (κ2) is 6.98. The summed E-state index contributed by atoms with van der Waals surface area (Å²) in [7, 11) is 1.70. The van der Waals surface area contributed by atoms with E-state index in [2.05, 4.69) is 39.6 Å². The molecule has 2 aliphatic heterocycles. The lowest BCUT2D eigenvalue weighted by atomic mass is 10.1. The first kappa shape index (κ1) is 16.3. The molecule has 25 heavy (non-hydrogen) atoms. The molecule has 2 aromatic rings. The van der Waals surface area contributed by atoms with Crippen molar-refractivity contribution in [1.82, 2.24) is 10.3 Å². The van der Waals surface area contributed by atoms with E-state index in [0.29, 0.717) is 0 Å². The van der Waals surface area contributed by atoms with E-state index < -0.39 is 0 Å². The molecule has 2 heterocycles. The van der Waals surface area contributed by atoms with Gasteiger partial charge in [-0.1, -0.05) is 29.8 Å². The second-order valence-electron chi connectivity index (χ2n) is 6.57. The lowest BCUT2D eigenvalue weighted by Crippen LogP contribution is -2.36. The summed E-state index contributed by atoms with van der Waals surface area (Å²) >= 11 is 6.11. The van der Waals surface area contributed by atoms with Crippen molar-refractivity contribution in [3.05, 3.63) is 70.4 Å². The Kier molecular flexibility index (Phi) is 4.55. The number of hydrogen-bond acceptors (Lipinski definition) is 4. The zero-order chi connectivity index (χ0) is 17.2. The number of nitrogens with one attached hydrogen (secondary N) is 1. The minimum Gasteiger partial charge on any atom is -0.497 e. The molecule has 0 spiro atoms. The molecule has 0 amide bonds. The van der Waals surface area contributed by atoms with Crippen LogP contribution in [0.2, 0.25) is 5.02 Å². The van der Waals surface area contributed by atoms with E-state index in [1.807, 2.05) is 24.3 Å². The number of methoxy groups -OCH3 is 1. The summed E-state index contributed by atoms with van der Waals surface area (Å²) in [4.78, 5) is 2.46. The van der Waals surface area contributed by atoms with Gasteiger partial charge in [-0.2, -0.15) is 0 Å². The fourth-order valence-electron chi connectivity index (χ4n) is 3.50. The Morgan fingerprint density at radius 1 is 1.12 bits per heavy atom. The number of hydrogen-bond donors (Lipinski definition) is 1. The summed E-state index contributed by atoms with van der Waals surface area (Å²) in [6, 6.07) is 16.3. The van der Waals surface area contributed by atoms with Gasteiger partial charge in [-0.05, 0) is 41.8 Å². The quantitative estimate of drug-likeness (QED) is 0.902. The van der Waals surface area contributed by atoms with Crippen molar-refractivity contribution >= 4 is 17.3 Å². The number of rotatable bonds is 4. The van der Waals surface area contributed by atoms with E-state index >= 15 is 0 Å². The molecular weight excluding hydrogens is 334 g/mol. The highest BCUT2D eigenvalue weighted by molar-refractivity contribution is 6.30. The lowest BCUT2D eigenvalue weighted by molar-refractivity contribution is 0.275. The molecule has 0 saturated carbocycles. The molecule has 0 bridgehead atoms. The van der Waals surface area contributed by atoms with Gasteiger partial charge in [-0.15, -0.1) is 0 Å². The van der Waals surface area contributed by atoms with Crippen molar-refractivity contribution in [3.8, 4) is 5.75 Å². The number of halogens is 1. The van der Waals surface area contributed by atoms with Gasteiger partial charge in [0.25, 0.3) is 0 Å². The highest BCUT2D eigenvalue weighted by Gasteiger charge is 2.27. The summed E-state index contributed by atoms with van der Waals surface area (Å²) in [5, 5.41) is 3.01. The third kappa shape index (κ3) is 3.60. The zero-order valence-electron chi connectivity index (χ0n) is 14.3. The first-order valence-electron chi connectivity index (χ1n) is 8.57. The molecule has 2 aromatic carbocycles. The molecule has 0 fully saturated rings. The van der Waals surface area contributed by atoms with Crippen molar-refractivity contribution in [2.45, 2.75) is 13.0 Å². The van der Waals surface area contributed by atoms with Crippen LogP contribution < -0.4 is 15.2 Å². The van der Waals surface area contributed by atoms with Crippen LogP contribution in [0.4, 0.5) is 5.69 Å². The van der Waals surface area contributed by atoms with Crippen LogP contribution in [0.1, 0.15) is 12.0 Å². The average Bonchev–Trinajstić information content (AvgIpc) is 3.05. The molecule has 5 heteroatoms. The smallest absolute Gasteiger partial charge is 0.120 e. The molecular formula is C20H22ClN3O. The summed E-state index contributed by atoms with van der Waals surface area (Å²) in [6.07, 6.45) is 1.10. The largest absolute Gasteiger partial charge is 0.497 e. The molecule has 0 unspecified atom stereocenters. The summed E-state index contributed by atoms with van der Waals surface area (Å²) < 4.78 is 5.34. The Labute approximate surface area is 153 Å². The van der Waals surface area contributed by atoms with Crippen LogP contribution in [0.3, 0.4) is 0 Å². The molecule has 0 saturated heterocycles. The van der Waals surface area contributed by atoms with Gasteiger partial charge in [0.05, 0.1) is 19.3 Å². The maximum Gasteiger partial charge on any atom is 0.120 e. The van der Waals surface area contributed by atoms with Gasteiger partial charge in [0.1, 0.15) is 5.75 Å². The highest BCUT2D eigenvalue weighted by atomic mass is 35.5. The number of hydrazine groups is 1. The Morgan fingerprint density at radius 3 is 2.84 bits per heavy atom. The van der Waals surface area contributed by atoms with E-state index in [-0.39, 0.29) is 0 Å². The number of ether oxygens (including phenoxy) is 1. The SMILES string of the molecule is COc1cccc(N2CC3=C(CN(Cc4cccc(Cl)c4)CC3)N2)c1. The van der Waals surface area contributed by atoms with Crippen molar-refractivity contribution < 1.29 is 4.74 Å². The number of anilines is 1. The van der Waals surface area contributed by atoms with Crippen LogP contribution in [0, 0.1) is 0 Å². The van der Waals surface area contributed by atoms with Gasteiger partial charge in [0.2, 0.25) is 0 Å². The van der Waals surface area contributed by atoms with Crippen LogP contribution in [0.15, 0.2) is 59.8 Å². The predicted molar refractivity (Wildman–Crippen MR) is 102 cm³/mol. The third-order valence-corrected chi connectivity index (χ3v) is 5.05. The summed E-state index contributed by atoms with van der Waals surface area (Å²) in [5.74, 6) is 0.881. The number of benzene rings is 2. The molecule has 2 aliphatic rings. The van der Waals surface area contributed by atoms with Gasteiger partial charge < -0.3 is 10.2 Å². The summed E-state index contributed by atoms with van der Waals surface area (Å²) in [6.45, 7) is 3.90. The first-order valence-corrected chi connectivity index (χ1v) is 8.95. The van der Waals surface area contributed by atoms with Gasteiger partial charge in [-0.25, -0.2) is 0 Å². The van der Waals surface area contributed by atoms with Crippen molar-refractivity contribution in [1.29, 1.82) is 0 Å². The standard InChI is InChI=1S/C20H22ClN3O/c1-25-19-7-3-6-18(11-19)24-13-16-8-9-23(14-20(16)22-24)12-15-4-2-5-17(21)10-15/h2-7,10-11,22H,8-9,12-14H2,1H3. The third-order valence-electron chi connectivity index (χ3n) is 4.82. The molecule has 0 aliphatic carbocycles. The monoisotopic (exact) mass is 355 g/mol. The van der Waals surface area contributed by atoms with E-state index in [1.165, 1.54) is 16.8 Å². The molecule has 4 nitrogen and oxygen atoms in total. The molecule has 130 valence electrons. The van der Waals surface area contributed by atoms with Crippen LogP contribution in [-0.4, -0.2) is 31.6 Å². The van der Waals surface area contributed by atoms with Crippen molar-refractivity contribution in [2.24, 2.45) is 0 Å². The zero-order valence-corrected chi connectivity index (χ0v) is 15.1. The fourth-order valence-corrected chi connectivity index (χ4v) is 3.72. The minimum atomic E-state index is 0.803. The Balaban J connectivity index is 1.42. The Hall–Kier alpha value is -2.17. The van der Waals surface area contributed by atoms with Crippen LogP contribution in [0.25, 0.3) is 0 Å². The maximum atomic E-state index is 6.11. The van der Waals surface area contributed by atoms with Gasteiger partial charge in [0.15, 0.2) is 0 Å². The highest BCUT2D eigenvalue weighted by Crippen LogP contribution is 2.28. The van der Waals surface area contributed by atoms with E-state index in [0.717, 1.165) is 49.1 Å².